The highest BCUT2D eigenvalue weighted by atomic mass is 32.2. The van der Waals surface area contributed by atoms with E-state index < -0.39 is 16.0 Å². The quantitative estimate of drug-likeness (QED) is 0.235. The maximum absolute atomic E-state index is 13.2. The molecule has 0 aliphatic carbocycles. The Balaban J connectivity index is 2.20. The first-order valence-electron chi connectivity index (χ1n) is 8.90. The Hall–Kier alpha value is -3.33. The molecule has 9 heteroatoms. The van der Waals surface area contributed by atoms with Crippen LogP contribution in [0.1, 0.15) is 29.5 Å². The van der Waals surface area contributed by atoms with Crippen LogP contribution in [0.4, 0.5) is 0 Å². The van der Waals surface area contributed by atoms with Crippen LogP contribution in [0.15, 0.2) is 58.7 Å². The van der Waals surface area contributed by atoms with E-state index in [4.69, 9.17) is 16.0 Å². The minimum Gasteiger partial charge on any atom is -0.481 e. The standard InChI is InChI=1S/C20H21N3O5S/c1-13-5-8-15(9-6-13)29(27,28)23-12-11-16-14(3-2-4-18(24)25)7-10-17(19(16)23)20(21)22-26/h5-12,26H,2-4H2,1H3,(H2,21,22)(H,24,25). The Morgan fingerprint density at radius 3 is 2.45 bits per heavy atom. The molecule has 2 aromatic carbocycles. The van der Waals surface area contributed by atoms with Crippen molar-refractivity contribution in [1.82, 2.24) is 3.97 Å². The van der Waals surface area contributed by atoms with E-state index in [2.05, 4.69) is 5.16 Å². The van der Waals surface area contributed by atoms with Crippen molar-refractivity contribution in [3.05, 3.63) is 65.4 Å². The molecule has 0 radical (unpaired) electrons. The third-order valence-electron chi connectivity index (χ3n) is 4.70. The smallest absolute Gasteiger partial charge is 0.303 e. The van der Waals surface area contributed by atoms with Crippen LogP contribution in [0.5, 0.6) is 0 Å². The number of fused-ring (bicyclic) bond motifs is 1. The van der Waals surface area contributed by atoms with E-state index in [-0.39, 0.29) is 28.2 Å². The van der Waals surface area contributed by atoms with E-state index >= 15 is 0 Å². The topological polar surface area (TPSA) is 135 Å². The minimum atomic E-state index is -3.92. The summed E-state index contributed by atoms with van der Waals surface area (Å²) in [4.78, 5) is 10.9. The Labute approximate surface area is 167 Å². The molecule has 0 spiro atoms. The molecular formula is C20H21N3O5S. The molecule has 0 amide bonds. The molecule has 0 aliphatic rings. The molecule has 8 nitrogen and oxygen atoms in total. The predicted octanol–water partition coefficient (Wildman–Crippen LogP) is 2.69. The van der Waals surface area contributed by atoms with Crippen LogP contribution in [0.25, 0.3) is 10.9 Å². The predicted molar refractivity (Wildman–Crippen MR) is 109 cm³/mol. The van der Waals surface area contributed by atoms with Crippen molar-refractivity contribution >= 4 is 32.7 Å². The van der Waals surface area contributed by atoms with Gasteiger partial charge in [0.25, 0.3) is 10.0 Å². The number of oxime groups is 1. The molecule has 152 valence electrons. The third kappa shape index (κ3) is 3.95. The number of nitrogens with zero attached hydrogens (tertiary/aromatic N) is 2. The number of carbonyl (C=O) groups is 1. The van der Waals surface area contributed by atoms with Gasteiger partial charge in [-0.2, -0.15) is 0 Å². The first-order valence-corrected chi connectivity index (χ1v) is 10.3. The summed E-state index contributed by atoms with van der Waals surface area (Å²) >= 11 is 0. The molecule has 0 bridgehead atoms. The number of hydrogen-bond donors (Lipinski definition) is 3. The Morgan fingerprint density at radius 1 is 1.14 bits per heavy atom. The molecular weight excluding hydrogens is 394 g/mol. The van der Waals surface area contributed by atoms with Crippen LogP contribution in [0, 0.1) is 6.92 Å². The van der Waals surface area contributed by atoms with Gasteiger partial charge in [0.2, 0.25) is 0 Å². The van der Waals surface area contributed by atoms with Crippen molar-refractivity contribution in [2.45, 2.75) is 31.1 Å². The third-order valence-corrected chi connectivity index (χ3v) is 6.39. The molecule has 0 aliphatic heterocycles. The fourth-order valence-electron chi connectivity index (χ4n) is 3.22. The number of nitrogens with two attached hydrogens (primary N) is 1. The number of carboxylic acids is 1. The summed E-state index contributed by atoms with van der Waals surface area (Å²) in [7, 11) is -3.92. The highest BCUT2D eigenvalue weighted by Crippen LogP contribution is 2.29. The number of amidine groups is 1. The van der Waals surface area contributed by atoms with Crippen molar-refractivity contribution in [1.29, 1.82) is 0 Å². The first-order chi connectivity index (χ1) is 13.8. The lowest BCUT2D eigenvalue weighted by Gasteiger charge is -2.12. The van der Waals surface area contributed by atoms with Crippen molar-refractivity contribution in [2.24, 2.45) is 10.9 Å². The van der Waals surface area contributed by atoms with Gasteiger partial charge in [-0.05, 0) is 49.6 Å². The Bertz CT molecular complexity index is 1190. The number of aromatic nitrogens is 1. The van der Waals surface area contributed by atoms with Crippen molar-refractivity contribution in [3.63, 3.8) is 0 Å². The normalized spacial score (nSPS) is 12.4. The highest BCUT2D eigenvalue weighted by Gasteiger charge is 2.23. The molecule has 0 saturated heterocycles. The Morgan fingerprint density at radius 2 is 1.83 bits per heavy atom. The zero-order chi connectivity index (χ0) is 21.2. The van der Waals surface area contributed by atoms with E-state index in [9.17, 15) is 13.2 Å². The molecule has 3 rings (SSSR count). The van der Waals surface area contributed by atoms with Gasteiger partial charge in [-0.3, -0.25) is 4.79 Å². The van der Waals surface area contributed by atoms with Crippen LogP contribution >= 0.6 is 0 Å². The van der Waals surface area contributed by atoms with Crippen molar-refractivity contribution < 1.29 is 23.5 Å². The average molecular weight is 415 g/mol. The fraction of sp³-hybridized carbons (Fsp3) is 0.200. The monoisotopic (exact) mass is 415 g/mol. The van der Waals surface area contributed by atoms with Gasteiger partial charge >= 0.3 is 5.97 Å². The number of aliphatic carboxylic acids is 1. The largest absolute Gasteiger partial charge is 0.481 e. The molecule has 29 heavy (non-hydrogen) atoms. The summed E-state index contributed by atoms with van der Waals surface area (Å²) < 4.78 is 27.6. The molecule has 0 atom stereocenters. The van der Waals surface area contributed by atoms with E-state index in [1.165, 1.54) is 18.3 Å². The van der Waals surface area contributed by atoms with E-state index in [0.29, 0.717) is 18.2 Å². The number of carboxylic acid groups (broad SMARTS) is 1. The summed E-state index contributed by atoms with van der Waals surface area (Å²) in [5.41, 5.74) is 8.06. The molecule has 0 unspecified atom stereocenters. The first kappa shape index (κ1) is 20.4. The second kappa shape index (κ2) is 7.96. The van der Waals surface area contributed by atoms with Gasteiger partial charge in [0, 0.05) is 23.6 Å². The van der Waals surface area contributed by atoms with Gasteiger partial charge < -0.3 is 16.0 Å². The maximum atomic E-state index is 13.2. The van der Waals surface area contributed by atoms with Gasteiger partial charge in [-0.15, -0.1) is 0 Å². The zero-order valence-electron chi connectivity index (χ0n) is 15.7. The number of hydrogen-bond acceptors (Lipinski definition) is 5. The summed E-state index contributed by atoms with van der Waals surface area (Å²) in [6.45, 7) is 1.86. The lowest BCUT2D eigenvalue weighted by atomic mass is 10.0. The molecule has 0 fully saturated rings. The van der Waals surface area contributed by atoms with Crippen LogP contribution in [-0.2, 0) is 21.2 Å². The molecule has 3 aromatic rings. The maximum Gasteiger partial charge on any atom is 0.303 e. The number of rotatable bonds is 7. The van der Waals surface area contributed by atoms with E-state index in [1.807, 2.05) is 6.92 Å². The van der Waals surface area contributed by atoms with Gasteiger partial charge in [0.1, 0.15) is 0 Å². The molecule has 0 saturated carbocycles. The molecule has 1 aromatic heterocycles. The van der Waals surface area contributed by atoms with Crippen LogP contribution < -0.4 is 5.73 Å². The minimum absolute atomic E-state index is 0.00581. The van der Waals surface area contributed by atoms with E-state index in [0.717, 1.165) is 15.1 Å². The summed E-state index contributed by atoms with van der Waals surface area (Å²) in [6.07, 6.45) is 2.29. The lowest BCUT2D eigenvalue weighted by molar-refractivity contribution is -0.137. The molecule has 4 N–H and O–H groups in total. The highest BCUT2D eigenvalue weighted by molar-refractivity contribution is 7.90. The second-order valence-electron chi connectivity index (χ2n) is 6.70. The van der Waals surface area contributed by atoms with Gasteiger partial charge in [0.05, 0.1) is 10.4 Å². The van der Waals surface area contributed by atoms with Gasteiger partial charge in [0.15, 0.2) is 5.84 Å². The fourth-order valence-corrected chi connectivity index (χ4v) is 4.59. The SMILES string of the molecule is Cc1ccc(S(=O)(=O)n2ccc3c(CCCC(=O)O)ccc(C(N)=NO)c32)cc1. The van der Waals surface area contributed by atoms with E-state index in [1.54, 1.807) is 30.3 Å². The summed E-state index contributed by atoms with van der Waals surface area (Å²) in [5.74, 6) is -1.11. The molecule has 1 heterocycles. The van der Waals surface area contributed by atoms with Crippen LogP contribution in [-0.4, -0.2) is 34.5 Å². The Kier molecular flexibility index (Phi) is 5.60. The lowest BCUT2D eigenvalue weighted by Crippen LogP contribution is -2.18. The van der Waals surface area contributed by atoms with Crippen LogP contribution in [0.2, 0.25) is 0 Å². The van der Waals surface area contributed by atoms with Gasteiger partial charge in [-0.25, -0.2) is 12.4 Å². The number of benzene rings is 2. The summed E-state index contributed by atoms with van der Waals surface area (Å²) in [5, 5.41) is 21.6. The zero-order valence-corrected chi connectivity index (χ0v) is 16.6. The second-order valence-corrected chi connectivity index (χ2v) is 8.51. The van der Waals surface area contributed by atoms with Crippen molar-refractivity contribution in [2.75, 3.05) is 0 Å². The summed E-state index contributed by atoms with van der Waals surface area (Å²) in [6, 6.07) is 11.4. The van der Waals surface area contributed by atoms with Gasteiger partial charge in [-0.1, -0.05) is 28.9 Å². The number of aryl methyl sites for hydroxylation is 2. The van der Waals surface area contributed by atoms with Crippen molar-refractivity contribution in [3.8, 4) is 0 Å². The van der Waals surface area contributed by atoms with Crippen LogP contribution in [0.3, 0.4) is 0 Å². The average Bonchev–Trinajstić information content (AvgIpc) is 3.14.